The molecule has 1 saturated heterocycles. The van der Waals surface area contributed by atoms with Crippen LogP contribution < -0.4 is 10.6 Å². The lowest BCUT2D eigenvalue weighted by Gasteiger charge is -2.23. The fourth-order valence-corrected chi connectivity index (χ4v) is 3.46. The molecule has 0 amide bonds. The number of aromatic nitrogens is 1. The molecular weight excluding hydrogens is 230 g/mol. The lowest BCUT2D eigenvalue weighted by Crippen LogP contribution is -2.26. The summed E-state index contributed by atoms with van der Waals surface area (Å²) in [5.74, 6) is 0. The van der Waals surface area contributed by atoms with Gasteiger partial charge in [-0.2, -0.15) is 0 Å². The quantitative estimate of drug-likeness (QED) is 0.880. The fourth-order valence-electron chi connectivity index (χ4n) is 2.39. The highest BCUT2D eigenvalue weighted by Gasteiger charge is 2.16. The van der Waals surface area contributed by atoms with Gasteiger partial charge in [-0.25, -0.2) is 4.98 Å². The highest BCUT2D eigenvalue weighted by molar-refractivity contribution is 7.15. The van der Waals surface area contributed by atoms with E-state index in [1.165, 1.54) is 42.1 Å². The molecule has 0 aliphatic carbocycles. The van der Waals surface area contributed by atoms with E-state index in [0.717, 1.165) is 18.8 Å². The van der Waals surface area contributed by atoms with Crippen molar-refractivity contribution in [1.82, 2.24) is 4.98 Å². The Bertz CT molecular complexity index is 352. The van der Waals surface area contributed by atoms with Crippen molar-refractivity contribution in [2.45, 2.75) is 52.0 Å². The molecule has 96 valence electrons. The predicted octanol–water partition coefficient (Wildman–Crippen LogP) is 3.24. The second-order valence-electron chi connectivity index (χ2n) is 4.99. The van der Waals surface area contributed by atoms with Gasteiger partial charge in [-0.1, -0.05) is 19.3 Å². The summed E-state index contributed by atoms with van der Waals surface area (Å²) in [5.41, 5.74) is 7.08. The number of hydrogen-bond donors (Lipinski definition) is 1. The van der Waals surface area contributed by atoms with Gasteiger partial charge < -0.3 is 10.6 Å². The lowest BCUT2D eigenvalue weighted by atomic mass is 10.1. The van der Waals surface area contributed by atoms with E-state index in [9.17, 15) is 0 Å². The third-order valence-corrected chi connectivity index (χ3v) is 4.78. The molecule has 0 saturated carbocycles. The lowest BCUT2D eigenvalue weighted by molar-refractivity contribution is 0.556. The molecule has 1 unspecified atom stereocenters. The summed E-state index contributed by atoms with van der Waals surface area (Å²) in [5, 5.41) is 1.18. The zero-order chi connectivity index (χ0) is 12.3. The van der Waals surface area contributed by atoms with Gasteiger partial charge in [-0.15, -0.1) is 11.3 Å². The summed E-state index contributed by atoms with van der Waals surface area (Å²) < 4.78 is 0. The normalized spacial score (nSPS) is 19.8. The molecule has 4 heteroatoms. The van der Waals surface area contributed by atoms with Gasteiger partial charge in [0.2, 0.25) is 0 Å². The molecule has 1 atom stereocenters. The Kier molecular flexibility index (Phi) is 4.40. The smallest absolute Gasteiger partial charge is 0.185 e. The summed E-state index contributed by atoms with van der Waals surface area (Å²) in [7, 11) is 0. The minimum Gasteiger partial charge on any atom is -0.348 e. The van der Waals surface area contributed by atoms with Crippen molar-refractivity contribution in [2.24, 2.45) is 5.73 Å². The van der Waals surface area contributed by atoms with Gasteiger partial charge in [0.25, 0.3) is 0 Å². The third-order valence-electron chi connectivity index (χ3n) is 3.36. The highest BCUT2D eigenvalue weighted by Crippen LogP contribution is 2.30. The maximum absolute atomic E-state index is 5.97. The zero-order valence-corrected chi connectivity index (χ0v) is 11.7. The van der Waals surface area contributed by atoms with Crippen molar-refractivity contribution in [3.05, 3.63) is 10.6 Å². The van der Waals surface area contributed by atoms with Crippen LogP contribution in [0, 0.1) is 6.92 Å². The summed E-state index contributed by atoms with van der Waals surface area (Å²) in [6, 6.07) is 0.107. The Labute approximate surface area is 108 Å². The van der Waals surface area contributed by atoms with Crippen LogP contribution in [-0.2, 0) is 0 Å². The molecule has 2 rings (SSSR count). The van der Waals surface area contributed by atoms with Crippen LogP contribution in [0.5, 0.6) is 0 Å². The number of rotatable bonds is 2. The molecule has 1 aliphatic heterocycles. The van der Waals surface area contributed by atoms with Crippen molar-refractivity contribution in [3.63, 3.8) is 0 Å². The van der Waals surface area contributed by atoms with Crippen molar-refractivity contribution in [2.75, 3.05) is 18.0 Å². The van der Waals surface area contributed by atoms with E-state index in [2.05, 4.69) is 11.8 Å². The molecule has 2 heterocycles. The van der Waals surface area contributed by atoms with Crippen LogP contribution in [0.1, 0.15) is 55.6 Å². The number of hydrogen-bond acceptors (Lipinski definition) is 4. The van der Waals surface area contributed by atoms with E-state index in [0.29, 0.717) is 0 Å². The summed E-state index contributed by atoms with van der Waals surface area (Å²) >= 11 is 1.78. The Morgan fingerprint density at radius 3 is 2.29 bits per heavy atom. The topological polar surface area (TPSA) is 42.2 Å². The highest BCUT2D eigenvalue weighted by atomic mass is 32.1. The van der Waals surface area contributed by atoms with E-state index in [1.54, 1.807) is 11.3 Å². The Morgan fingerprint density at radius 2 is 1.76 bits per heavy atom. The minimum absolute atomic E-state index is 0.107. The van der Waals surface area contributed by atoms with Crippen LogP contribution in [0.15, 0.2) is 0 Å². The van der Waals surface area contributed by atoms with E-state index in [1.807, 2.05) is 6.92 Å². The number of anilines is 1. The van der Waals surface area contributed by atoms with Crippen LogP contribution >= 0.6 is 11.3 Å². The van der Waals surface area contributed by atoms with Gasteiger partial charge in [0.15, 0.2) is 5.13 Å². The Balaban J connectivity index is 2.11. The molecule has 0 aromatic carbocycles. The number of aryl methyl sites for hydroxylation is 1. The van der Waals surface area contributed by atoms with Crippen molar-refractivity contribution in [3.8, 4) is 0 Å². The molecule has 3 nitrogen and oxygen atoms in total. The second kappa shape index (κ2) is 5.83. The van der Waals surface area contributed by atoms with Gasteiger partial charge in [0.1, 0.15) is 0 Å². The molecule has 1 aliphatic rings. The van der Waals surface area contributed by atoms with E-state index < -0.39 is 0 Å². The first-order valence-electron chi connectivity index (χ1n) is 6.66. The fraction of sp³-hybridized carbons (Fsp3) is 0.769. The van der Waals surface area contributed by atoms with Gasteiger partial charge in [-0.05, 0) is 26.7 Å². The van der Waals surface area contributed by atoms with E-state index >= 15 is 0 Å². The molecule has 2 N–H and O–H groups in total. The average molecular weight is 253 g/mol. The molecule has 1 fully saturated rings. The summed E-state index contributed by atoms with van der Waals surface area (Å²) in [6.07, 6.45) is 6.72. The standard InChI is InChI=1S/C13H23N3S/c1-10(14)12-11(2)15-13(17-12)16-8-6-4-3-5-7-9-16/h10H,3-9,14H2,1-2H3. The number of thiazole rings is 1. The van der Waals surface area contributed by atoms with Crippen LogP contribution in [0.3, 0.4) is 0 Å². The van der Waals surface area contributed by atoms with Crippen molar-refractivity contribution < 1.29 is 0 Å². The molecule has 0 radical (unpaired) electrons. The SMILES string of the molecule is Cc1nc(N2CCCCCCC2)sc1C(C)N. The van der Waals surface area contributed by atoms with Crippen LogP contribution in [0.4, 0.5) is 5.13 Å². The monoisotopic (exact) mass is 253 g/mol. The maximum Gasteiger partial charge on any atom is 0.185 e. The third kappa shape index (κ3) is 3.19. The van der Waals surface area contributed by atoms with E-state index in [-0.39, 0.29) is 6.04 Å². The van der Waals surface area contributed by atoms with Crippen LogP contribution in [0.2, 0.25) is 0 Å². The first-order valence-corrected chi connectivity index (χ1v) is 7.48. The molecule has 17 heavy (non-hydrogen) atoms. The minimum atomic E-state index is 0.107. The molecule has 1 aromatic rings. The van der Waals surface area contributed by atoms with Gasteiger partial charge in [0, 0.05) is 24.0 Å². The van der Waals surface area contributed by atoms with Crippen LogP contribution in [-0.4, -0.2) is 18.1 Å². The van der Waals surface area contributed by atoms with Crippen molar-refractivity contribution >= 4 is 16.5 Å². The van der Waals surface area contributed by atoms with Crippen LogP contribution in [0.25, 0.3) is 0 Å². The van der Waals surface area contributed by atoms with E-state index in [4.69, 9.17) is 10.7 Å². The predicted molar refractivity (Wildman–Crippen MR) is 74.8 cm³/mol. The molecule has 1 aromatic heterocycles. The molecular formula is C13H23N3S. The first kappa shape index (κ1) is 12.8. The summed E-state index contributed by atoms with van der Waals surface area (Å²) in [4.78, 5) is 8.38. The van der Waals surface area contributed by atoms with Gasteiger partial charge in [-0.3, -0.25) is 0 Å². The second-order valence-corrected chi connectivity index (χ2v) is 6.00. The zero-order valence-electron chi connectivity index (χ0n) is 10.9. The maximum atomic E-state index is 5.97. The number of nitrogens with two attached hydrogens (primary N) is 1. The Hall–Kier alpha value is -0.610. The largest absolute Gasteiger partial charge is 0.348 e. The Morgan fingerprint density at radius 1 is 1.18 bits per heavy atom. The molecule has 0 bridgehead atoms. The molecule has 0 spiro atoms. The van der Waals surface area contributed by atoms with Crippen molar-refractivity contribution in [1.29, 1.82) is 0 Å². The summed E-state index contributed by atoms with van der Waals surface area (Å²) in [6.45, 7) is 6.43. The van der Waals surface area contributed by atoms with Gasteiger partial charge in [0.05, 0.1) is 5.69 Å². The van der Waals surface area contributed by atoms with Gasteiger partial charge >= 0.3 is 0 Å². The number of nitrogens with zero attached hydrogens (tertiary/aromatic N) is 2. The first-order chi connectivity index (χ1) is 8.18. The average Bonchev–Trinajstić information content (AvgIpc) is 2.59.